The Morgan fingerprint density at radius 1 is 1.10 bits per heavy atom. The molecule has 4 aromatic rings. The monoisotopic (exact) mass is 419 g/mol. The number of imidazole rings is 1. The third-order valence-electron chi connectivity index (χ3n) is 4.94. The number of aromatic nitrogens is 2. The lowest BCUT2D eigenvalue weighted by Crippen LogP contribution is -2.23. The smallest absolute Gasteiger partial charge is 0.220 e. The van der Waals surface area contributed by atoms with Crippen LogP contribution in [0, 0.1) is 0 Å². The number of methoxy groups -OCH3 is 1. The number of halogens is 1. The first-order valence-corrected chi connectivity index (χ1v) is 10.1. The van der Waals surface area contributed by atoms with Crippen LogP contribution >= 0.6 is 11.6 Å². The molecule has 2 aromatic heterocycles. The molecule has 0 aliphatic rings. The number of carbonyl (C=O) groups excluding carboxylic acids is 1. The second kappa shape index (κ2) is 9.01. The van der Waals surface area contributed by atoms with Crippen LogP contribution in [0.2, 0.25) is 5.02 Å². The number of fused-ring (bicyclic) bond motifs is 1. The number of nitrogens with one attached hydrogen (secondary N) is 1. The second-order valence-electron chi connectivity index (χ2n) is 6.97. The number of ether oxygens (including phenoxy) is 1. The highest BCUT2D eigenvalue weighted by molar-refractivity contribution is 6.30. The third-order valence-corrected chi connectivity index (χ3v) is 5.17. The van der Waals surface area contributed by atoms with Crippen molar-refractivity contribution in [1.82, 2.24) is 14.7 Å². The van der Waals surface area contributed by atoms with Gasteiger partial charge in [0, 0.05) is 29.7 Å². The highest BCUT2D eigenvalue weighted by Gasteiger charge is 2.15. The Kier molecular flexibility index (Phi) is 6.00. The number of amides is 1. The fraction of sp³-hybridized carbons (Fsp3) is 0.167. The Labute approximate surface area is 180 Å². The number of hydrogen-bond donors (Lipinski definition) is 1. The molecule has 30 heavy (non-hydrogen) atoms. The predicted octanol–water partition coefficient (Wildman–Crippen LogP) is 4.91. The molecule has 5 nitrogen and oxygen atoms in total. The summed E-state index contributed by atoms with van der Waals surface area (Å²) in [5.41, 5.74) is 4.63. The minimum Gasteiger partial charge on any atom is -0.497 e. The molecule has 0 aliphatic heterocycles. The first-order chi connectivity index (χ1) is 14.6. The van der Waals surface area contributed by atoms with Gasteiger partial charge in [-0.15, -0.1) is 0 Å². The van der Waals surface area contributed by atoms with Crippen molar-refractivity contribution in [3.05, 3.63) is 89.2 Å². The largest absolute Gasteiger partial charge is 0.497 e. The van der Waals surface area contributed by atoms with Crippen LogP contribution in [0.25, 0.3) is 16.9 Å². The van der Waals surface area contributed by atoms with Crippen molar-refractivity contribution >= 4 is 23.2 Å². The Bertz CT molecular complexity index is 1190. The topological polar surface area (TPSA) is 55.6 Å². The number of carbonyl (C=O) groups is 1. The summed E-state index contributed by atoms with van der Waals surface area (Å²) in [6.07, 6.45) is 2.90. The zero-order chi connectivity index (χ0) is 20.9. The van der Waals surface area contributed by atoms with E-state index < -0.39 is 0 Å². The molecule has 0 bridgehead atoms. The minimum atomic E-state index is -0.0132. The van der Waals surface area contributed by atoms with Crippen molar-refractivity contribution in [3.63, 3.8) is 0 Å². The van der Waals surface area contributed by atoms with Crippen LogP contribution in [0.1, 0.15) is 17.7 Å². The van der Waals surface area contributed by atoms with Crippen LogP contribution in [0.5, 0.6) is 5.75 Å². The van der Waals surface area contributed by atoms with Crippen molar-refractivity contribution in [3.8, 4) is 17.0 Å². The first-order valence-electron chi connectivity index (χ1n) is 9.75. The molecule has 2 aromatic carbocycles. The molecule has 1 N–H and O–H groups in total. The normalized spacial score (nSPS) is 10.9. The molecular weight excluding hydrogens is 398 g/mol. The Balaban J connectivity index is 1.50. The maximum atomic E-state index is 12.5. The van der Waals surface area contributed by atoms with E-state index in [4.69, 9.17) is 21.3 Å². The van der Waals surface area contributed by atoms with E-state index >= 15 is 0 Å². The lowest BCUT2D eigenvalue weighted by molar-refractivity contribution is -0.121. The lowest BCUT2D eigenvalue weighted by Gasteiger charge is -2.08. The van der Waals surface area contributed by atoms with E-state index in [2.05, 4.69) is 5.32 Å². The molecule has 0 saturated carbocycles. The zero-order valence-electron chi connectivity index (χ0n) is 16.6. The van der Waals surface area contributed by atoms with E-state index in [1.54, 1.807) is 7.11 Å². The summed E-state index contributed by atoms with van der Waals surface area (Å²) in [5, 5.41) is 3.64. The van der Waals surface area contributed by atoms with Gasteiger partial charge in [-0.25, -0.2) is 4.98 Å². The van der Waals surface area contributed by atoms with E-state index in [1.807, 2.05) is 77.3 Å². The number of benzene rings is 2. The average Bonchev–Trinajstić information content (AvgIpc) is 3.15. The molecule has 0 unspecified atom stereocenters. The summed E-state index contributed by atoms with van der Waals surface area (Å²) in [4.78, 5) is 17.3. The fourth-order valence-electron chi connectivity index (χ4n) is 3.46. The van der Waals surface area contributed by atoms with Crippen LogP contribution in [0.4, 0.5) is 0 Å². The van der Waals surface area contributed by atoms with E-state index in [0.717, 1.165) is 33.9 Å². The van der Waals surface area contributed by atoms with Crippen molar-refractivity contribution in [2.45, 2.75) is 19.4 Å². The van der Waals surface area contributed by atoms with Gasteiger partial charge in [-0.1, -0.05) is 41.9 Å². The number of aryl methyl sites for hydroxylation is 1. The quantitative estimate of drug-likeness (QED) is 0.463. The molecule has 6 heteroatoms. The molecule has 152 valence electrons. The van der Waals surface area contributed by atoms with Gasteiger partial charge in [-0.2, -0.15) is 0 Å². The van der Waals surface area contributed by atoms with E-state index in [-0.39, 0.29) is 5.91 Å². The molecule has 0 aliphatic carbocycles. The van der Waals surface area contributed by atoms with E-state index in [1.165, 1.54) is 0 Å². The van der Waals surface area contributed by atoms with Gasteiger partial charge in [0.15, 0.2) is 0 Å². The van der Waals surface area contributed by atoms with Crippen LogP contribution in [-0.2, 0) is 17.8 Å². The number of hydrogen-bond acceptors (Lipinski definition) is 3. The van der Waals surface area contributed by atoms with Gasteiger partial charge in [0.05, 0.1) is 18.5 Å². The van der Waals surface area contributed by atoms with E-state index in [9.17, 15) is 4.79 Å². The SMILES string of the molecule is COc1cccc(CNC(=O)CCc2c(-c3cccc(Cl)c3)nc3ccccn23)c1. The minimum absolute atomic E-state index is 0.0132. The van der Waals surface area contributed by atoms with Gasteiger partial charge in [-0.05, 0) is 48.4 Å². The maximum absolute atomic E-state index is 12.5. The Morgan fingerprint density at radius 2 is 1.97 bits per heavy atom. The fourth-order valence-corrected chi connectivity index (χ4v) is 3.65. The molecular formula is C24H22ClN3O2. The number of nitrogens with zero attached hydrogens (tertiary/aromatic N) is 2. The van der Waals surface area contributed by atoms with Crippen molar-refractivity contribution in [2.24, 2.45) is 0 Å². The molecule has 0 spiro atoms. The highest BCUT2D eigenvalue weighted by atomic mass is 35.5. The predicted molar refractivity (Wildman–Crippen MR) is 119 cm³/mol. The summed E-state index contributed by atoms with van der Waals surface area (Å²) in [6.45, 7) is 0.463. The molecule has 0 atom stereocenters. The Hall–Kier alpha value is -3.31. The maximum Gasteiger partial charge on any atom is 0.220 e. The summed E-state index contributed by atoms with van der Waals surface area (Å²) in [5.74, 6) is 0.763. The van der Waals surface area contributed by atoms with Gasteiger partial charge in [0.1, 0.15) is 11.4 Å². The van der Waals surface area contributed by atoms with Gasteiger partial charge >= 0.3 is 0 Å². The van der Waals surface area contributed by atoms with Crippen LogP contribution < -0.4 is 10.1 Å². The molecule has 2 heterocycles. The molecule has 0 radical (unpaired) electrons. The second-order valence-corrected chi connectivity index (χ2v) is 7.41. The number of rotatable bonds is 7. The van der Waals surface area contributed by atoms with Gasteiger partial charge in [0.25, 0.3) is 0 Å². The standard InChI is InChI=1S/C24H22ClN3O2/c1-30-20-9-4-6-17(14-20)16-26-23(29)12-11-21-24(18-7-5-8-19(25)15-18)27-22-10-2-3-13-28(21)22/h2-10,13-15H,11-12,16H2,1H3,(H,26,29). The average molecular weight is 420 g/mol. The summed E-state index contributed by atoms with van der Waals surface area (Å²) < 4.78 is 7.26. The summed E-state index contributed by atoms with van der Waals surface area (Å²) in [7, 11) is 1.63. The van der Waals surface area contributed by atoms with Crippen LogP contribution in [0.15, 0.2) is 72.9 Å². The van der Waals surface area contributed by atoms with Crippen molar-refractivity contribution < 1.29 is 9.53 Å². The van der Waals surface area contributed by atoms with Crippen molar-refractivity contribution in [2.75, 3.05) is 7.11 Å². The Morgan fingerprint density at radius 3 is 2.80 bits per heavy atom. The lowest BCUT2D eigenvalue weighted by atomic mass is 10.1. The van der Waals surface area contributed by atoms with Gasteiger partial charge in [-0.3, -0.25) is 4.79 Å². The van der Waals surface area contributed by atoms with Gasteiger partial charge in [0.2, 0.25) is 5.91 Å². The number of pyridine rings is 1. The highest BCUT2D eigenvalue weighted by Crippen LogP contribution is 2.27. The van der Waals surface area contributed by atoms with Crippen molar-refractivity contribution in [1.29, 1.82) is 0 Å². The molecule has 1 amide bonds. The third kappa shape index (κ3) is 4.47. The van der Waals surface area contributed by atoms with Gasteiger partial charge < -0.3 is 14.5 Å². The van der Waals surface area contributed by atoms with E-state index in [0.29, 0.717) is 24.4 Å². The molecule has 0 fully saturated rings. The zero-order valence-corrected chi connectivity index (χ0v) is 17.4. The summed E-state index contributed by atoms with van der Waals surface area (Å²) in [6, 6.07) is 21.2. The molecule has 4 rings (SSSR count). The van der Waals surface area contributed by atoms with Crippen LogP contribution in [-0.4, -0.2) is 22.4 Å². The summed E-state index contributed by atoms with van der Waals surface area (Å²) >= 11 is 6.19. The molecule has 0 saturated heterocycles. The first kappa shape index (κ1) is 20.0. The van der Waals surface area contributed by atoms with Crippen LogP contribution in [0.3, 0.4) is 0 Å².